The molecule has 1 aromatic carbocycles. The lowest BCUT2D eigenvalue weighted by molar-refractivity contribution is -0.122. The third kappa shape index (κ3) is 4.38. The van der Waals surface area contributed by atoms with Crippen molar-refractivity contribution in [2.24, 2.45) is 27.9 Å². The Morgan fingerprint density at radius 1 is 1.13 bits per heavy atom. The predicted octanol–water partition coefficient (Wildman–Crippen LogP) is 2.22. The highest BCUT2D eigenvalue weighted by atomic mass is 32.2. The number of carbonyl (C=O) groups excluding carboxylic acids is 2. The van der Waals surface area contributed by atoms with Gasteiger partial charge in [-0.05, 0) is 80.5 Å². The quantitative estimate of drug-likeness (QED) is 0.618. The average molecular weight is 463 g/mol. The van der Waals surface area contributed by atoms with Crippen LogP contribution in [0.25, 0.3) is 0 Å². The molecule has 0 aromatic heterocycles. The summed E-state index contributed by atoms with van der Waals surface area (Å²) in [7, 11) is -3.78. The van der Waals surface area contributed by atoms with Crippen molar-refractivity contribution in [1.29, 1.82) is 0 Å². The van der Waals surface area contributed by atoms with Crippen LogP contribution in [0.15, 0.2) is 34.2 Å². The minimum absolute atomic E-state index is 0.0212. The molecule has 5 fully saturated rings. The number of thioether (sulfide) groups is 1. The van der Waals surface area contributed by atoms with Crippen LogP contribution in [0.2, 0.25) is 0 Å². The smallest absolute Gasteiger partial charge is 0.240 e. The molecule has 4 N–H and O–H groups in total. The molecule has 166 valence electrons. The minimum atomic E-state index is -3.78. The van der Waals surface area contributed by atoms with E-state index in [1.165, 1.54) is 55.3 Å². The molecular weight excluding hydrogens is 436 g/mol. The maximum Gasteiger partial charge on any atom is 0.240 e. The second kappa shape index (κ2) is 7.60. The SMILES string of the molecule is NS(=O)(=O)c1ccc(NC(=O)CC2SC(=NC34CC5CC(CC(C5)C3)C4)NC2=O)cc1. The first-order valence-corrected chi connectivity index (χ1v) is 13.1. The van der Waals surface area contributed by atoms with Crippen LogP contribution in [0.5, 0.6) is 0 Å². The van der Waals surface area contributed by atoms with Crippen LogP contribution in [0.4, 0.5) is 5.69 Å². The number of amidine groups is 1. The third-order valence-corrected chi connectivity index (χ3v) is 8.97. The number of aliphatic imine (C=N–C) groups is 1. The molecule has 2 amide bonds. The molecule has 4 saturated carbocycles. The highest BCUT2D eigenvalue weighted by Crippen LogP contribution is 2.57. The molecule has 1 aromatic rings. The number of hydrogen-bond acceptors (Lipinski definition) is 6. The number of carbonyl (C=O) groups is 2. The zero-order valence-corrected chi connectivity index (χ0v) is 18.7. The zero-order valence-electron chi connectivity index (χ0n) is 17.0. The minimum Gasteiger partial charge on any atom is -0.326 e. The van der Waals surface area contributed by atoms with Gasteiger partial charge in [-0.3, -0.25) is 14.6 Å². The molecule has 1 aliphatic heterocycles. The molecule has 8 nitrogen and oxygen atoms in total. The zero-order chi connectivity index (χ0) is 21.8. The van der Waals surface area contributed by atoms with Crippen molar-refractivity contribution in [3.8, 4) is 0 Å². The van der Waals surface area contributed by atoms with Crippen molar-refractivity contribution in [1.82, 2.24) is 5.32 Å². The fourth-order valence-electron chi connectivity index (χ4n) is 6.12. The van der Waals surface area contributed by atoms with E-state index in [1.807, 2.05) is 0 Å². The standard InChI is InChI=1S/C21H26N4O4S2/c22-31(28,29)16-3-1-15(2-4-16)23-18(26)8-17-19(27)24-20(30-17)25-21-9-12-5-13(10-21)7-14(6-12)11-21/h1-4,12-14,17H,5-11H2,(H,23,26)(H2,22,28,29)(H,24,25,27). The molecule has 1 atom stereocenters. The highest BCUT2D eigenvalue weighted by Gasteiger charge is 2.51. The Morgan fingerprint density at radius 3 is 2.26 bits per heavy atom. The monoisotopic (exact) mass is 462 g/mol. The molecule has 1 unspecified atom stereocenters. The Hall–Kier alpha value is -1.91. The van der Waals surface area contributed by atoms with Crippen molar-refractivity contribution in [2.75, 3.05) is 5.32 Å². The van der Waals surface area contributed by atoms with Crippen LogP contribution in [0, 0.1) is 17.8 Å². The second-order valence-electron chi connectivity index (χ2n) is 9.48. The van der Waals surface area contributed by atoms with Gasteiger partial charge < -0.3 is 10.6 Å². The first-order chi connectivity index (χ1) is 14.7. The van der Waals surface area contributed by atoms with Crippen molar-refractivity contribution < 1.29 is 18.0 Å². The fourth-order valence-corrected chi connectivity index (χ4v) is 7.71. The third-order valence-electron chi connectivity index (χ3n) is 6.96. The summed E-state index contributed by atoms with van der Waals surface area (Å²) in [6.45, 7) is 0. The van der Waals surface area contributed by atoms with Gasteiger partial charge in [0.05, 0.1) is 10.4 Å². The highest BCUT2D eigenvalue weighted by molar-refractivity contribution is 8.15. The van der Waals surface area contributed by atoms with E-state index >= 15 is 0 Å². The van der Waals surface area contributed by atoms with E-state index in [0.717, 1.165) is 37.0 Å². The number of rotatable bonds is 5. The molecule has 1 saturated heterocycles. The number of nitrogens with zero attached hydrogens (tertiary/aromatic N) is 1. The Kier molecular flexibility index (Phi) is 5.14. The number of anilines is 1. The maximum atomic E-state index is 12.4. The van der Waals surface area contributed by atoms with E-state index in [1.54, 1.807) is 0 Å². The molecule has 5 aliphatic rings. The summed E-state index contributed by atoms with van der Waals surface area (Å²) >= 11 is 1.35. The van der Waals surface area contributed by atoms with E-state index in [4.69, 9.17) is 10.1 Å². The lowest BCUT2D eigenvalue weighted by Crippen LogP contribution is -2.50. The normalized spacial score (nSPS) is 35.4. The van der Waals surface area contributed by atoms with Gasteiger partial charge in [-0.1, -0.05) is 11.8 Å². The Labute approximate surface area is 185 Å². The molecule has 0 spiro atoms. The summed E-state index contributed by atoms with van der Waals surface area (Å²) in [5, 5.41) is 10.8. The Bertz CT molecular complexity index is 1020. The van der Waals surface area contributed by atoms with Crippen molar-refractivity contribution in [3.63, 3.8) is 0 Å². The van der Waals surface area contributed by atoms with Crippen LogP contribution in [-0.4, -0.2) is 36.2 Å². The lowest BCUT2D eigenvalue weighted by Gasteiger charge is -2.55. The molecule has 6 rings (SSSR count). The fraction of sp³-hybridized carbons (Fsp3) is 0.571. The van der Waals surface area contributed by atoms with E-state index < -0.39 is 15.3 Å². The van der Waals surface area contributed by atoms with Crippen LogP contribution >= 0.6 is 11.8 Å². The van der Waals surface area contributed by atoms with Crippen LogP contribution in [0.1, 0.15) is 44.9 Å². The van der Waals surface area contributed by atoms with Crippen molar-refractivity contribution in [3.05, 3.63) is 24.3 Å². The van der Waals surface area contributed by atoms with E-state index in [0.29, 0.717) is 10.9 Å². The van der Waals surface area contributed by atoms with Gasteiger partial charge in [0.1, 0.15) is 5.25 Å². The largest absolute Gasteiger partial charge is 0.326 e. The molecular formula is C21H26N4O4S2. The summed E-state index contributed by atoms with van der Waals surface area (Å²) in [6.07, 6.45) is 7.41. The van der Waals surface area contributed by atoms with Crippen LogP contribution < -0.4 is 15.8 Å². The second-order valence-corrected chi connectivity index (χ2v) is 12.2. The molecule has 1 heterocycles. The van der Waals surface area contributed by atoms with E-state index in [2.05, 4.69) is 10.6 Å². The van der Waals surface area contributed by atoms with Crippen LogP contribution in [0.3, 0.4) is 0 Å². The summed E-state index contributed by atoms with van der Waals surface area (Å²) in [4.78, 5) is 29.9. The lowest BCUT2D eigenvalue weighted by atomic mass is 9.53. The van der Waals surface area contributed by atoms with Crippen molar-refractivity contribution >= 4 is 44.5 Å². The van der Waals surface area contributed by atoms with Gasteiger partial charge in [0.15, 0.2) is 5.17 Å². The van der Waals surface area contributed by atoms with Crippen LogP contribution in [-0.2, 0) is 19.6 Å². The molecule has 31 heavy (non-hydrogen) atoms. The molecule has 0 radical (unpaired) electrons. The number of nitrogens with one attached hydrogen (secondary N) is 2. The van der Waals surface area contributed by atoms with Gasteiger partial charge in [-0.15, -0.1) is 0 Å². The first kappa shape index (κ1) is 21.0. The number of benzene rings is 1. The predicted molar refractivity (Wildman–Crippen MR) is 119 cm³/mol. The van der Waals surface area contributed by atoms with Crippen molar-refractivity contribution in [2.45, 2.75) is 60.6 Å². The average Bonchev–Trinajstić information content (AvgIpc) is 2.98. The first-order valence-electron chi connectivity index (χ1n) is 10.7. The van der Waals surface area contributed by atoms with Gasteiger partial charge in [0, 0.05) is 12.1 Å². The number of hydrogen-bond donors (Lipinski definition) is 3. The summed E-state index contributed by atoms with van der Waals surface area (Å²) in [6, 6.07) is 5.61. The summed E-state index contributed by atoms with van der Waals surface area (Å²) in [5.41, 5.74) is 0.426. The summed E-state index contributed by atoms with van der Waals surface area (Å²) < 4.78 is 22.6. The van der Waals surface area contributed by atoms with Gasteiger partial charge in [-0.25, -0.2) is 13.6 Å². The van der Waals surface area contributed by atoms with Gasteiger partial charge in [-0.2, -0.15) is 0 Å². The number of amides is 2. The Balaban J connectivity index is 1.21. The topological polar surface area (TPSA) is 131 Å². The number of primary sulfonamides is 1. The van der Waals surface area contributed by atoms with Gasteiger partial charge in [0.2, 0.25) is 21.8 Å². The summed E-state index contributed by atoms with van der Waals surface area (Å²) in [5.74, 6) is 1.83. The molecule has 4 bridgehead atoms. The van der Waals surface area contributed by atoms with E-state index in [-0.39, 0.29) is 28.7 Å². The Morgan fingerprint density at radius 2 is 1.71 bits per heavy atom. The van der Waals surface area contributed by atoms with E-state index in [9.17, 15) is 18.0 Å². The number of sulfonamides is 1. The van der Waals surface area contributed by atoms with Gasteiger partial charge >= 0.3 is 0 Å². The molecule has 4 aliphatic carbocycles. The number of nitrogens with two attached hydrogens (primary N) is 1. The van der Waals surface area contributed by atoms with Gasteiger partial charge in [0.25, 0.3) is 0 Å². The molecule has 10 heteroatoms. The maximum absolute atomic E-state index is 12.4.